The predicted molar refractivity (Wildman–Crippen MR) is 61.7 cm³/mol. The van der Waals surface area contributed by atoms with Gasteiger partial charge in [-0.3, -0.25) is 5.10 Å². The van der Waals surface area contributed by atoms with Crippen molar-refractivity contribution in [1.29, 1.82) is 0 Å². The third-order valence-corrected chi connectivity index (χ3v) is 2.70. The van der Waals surface area contributed by atoms with Crippen molar-refractivity contribution in [2.24, 2.45) is 0 Å². The van der Waals surface area contributed by atoms with Crippen LogP contribution in [-0.4, -0.2) is 10.2 Å². The quantitative estimate of drug-likeness (QED) is 0.754. The zero-order valence-corrected chi connectivity index (χ0v) is 9.02. The topological polar surface area (TPSA) is 28.7 Å². The number of hydrogen-bond acceptors (Lipinski definition) is 2. The lowest BCUT2D eigenvalue weighted by Gasteiger charge is -1.96. The fraction of sp³-hybridized carbons (Fsp3) is 0.100. The van der Waals surface area contributed by atoms with E-state index in [1.165, 1.54) is 0 Å². The number of aromatic amines is 1. The van der Waals surface area contributed by atoms with Crippen LogP contribution in [0.25, 0.3) is 11.3 Å². The molecule has 2 aromatic rings. The maximum Gasteiger partial charge on any atom is 0.111 e. The van der Waals surface area contributed by atoms with Crippen molar-refractivity contribution < 1.29 is 0 Å². The van der Waals surface area contributed by atoms with Crippen molar-refractivity contribution in [1.82, 2.24) is 10.2 Å². The predicted octanol–water partition coefficient (Wildman–Crippen LogP) is 3.16. The minimum Gasteiger partial charge on any atom is -0.280 e. The number of H-pyrrole nitrogens is 1. The number of aromatic nitrogens is 2. The lowest BCUT2D eigenvalue weighted by molar-refractivity contribution is 1.04. The van der Waals surface area contributed by atoms with Gasteiger partial charge in [0.15, 0.2) is 0 Å². The van der Waals surface area contributed by atoms with Gasteiger partial charge in [0.2, 0.25) is 0 Å². The first-order chi connectivity index (χ1) is 6.83. The smallest absolute Gasteiger partial charge is 0.111 e. The van der Waals surface area contributed by atoms with E-state index in [0.29, 0.717) is 10.8 Å². The van der Waals surface area contributed by atoms with Crippen LogP contribution >= 0.6 is 24.2 Å². The molecule has 72 valence electrons. The molecule has 0 aliphatic heterocycles. The molecule has 2 rings (SSSR count). The monoisotopic (exact) mass is 224 g/mol. The van der Waals surface area contributed by atoms with E-state index in [-0.39, 0.29) is 0 Å². The minimum atomic E-state index is 0.568. The van der Waals surface area contributed by atoms with Crippen LogP contribution in [-0.2, 0) is 5.75 Å². The number of hydrogen-bond donors (Lipinski definition) is 2. The second kappa shape index (κ2) is 4.07. The molecule has 0 radical (unpaired) electrons. The Labute approximate surface area is 92.7 Å². The molecular weight excluding hydrogens is 216 g/mol. The maximum absolute atomic E-state index is 6.12. The summed E-state index contributed by atoms with van der Waals surface area (Å²) in [7, 11) is 0. The summed E-state index contributed by atoms with van der Waals surface area (Å²) in [6.45, 7) is 0. The van der Waals surface area contributed by atoms with E-state index in [9.17, 15) is 0 Å². The number of rotatable bonds is 2. The van der Waals surface area contributed by atoms with Gasteiger partial charge in [0.25, 0.3) is 0 Å². The van der Waals surface area contributed by atoms with Crippen molar-refractivity contribution in [3.05, 3.63) is 41.0 Å². The molecule has 0 bridgehead atoms. The zero-order chi connectivity index (χ0) is 9.97. The Hall–Kier alpha value is -0.930. The summed E-state index contributed by atoms with van der Waals surface area (Å²) in [6.07, 6.45) is 0. The van der Waals surface area contributed by atoms with Gasteiger partial charge in [-0.2, -0.15) is 17.7 Å². The van der Waals surface area contributed by atoms with Gasteiger partial charge in [0.05, 0.1) is 10.7 Å². The van der Waals surface area contributed by atoms with Crippen LogP contribution in [0.1, 0.15) is 5.69 Å². The Bertz CT molecular complexity index is 425. The largest absolute Gasteiger partial charge is 0.280 e. The highest BCUT2D eigenvalue weighted by Crippen LogP contribution is 2.28. The summed E-state index contributed by atoms with van der Waals surface area (Å²) in [5, 5.41) is 7.67. The highest BCUT2D eigenvalue weighted by molar-refractivity contribution is 7.79. The molecule has 0 fully saturated rings. The third kappa shape index (κ3) is 1.65. The van der Waals surface area contributed by atoms with Gasteiger partial charge in [-0.05, 0) is 0 Å². The van der Waals surface area contributed by atoms with E-state index in [0.717, 1.165) is 17.0 Å². The number of benzene rings is 1. The van der Waals surface area contributed by atoms with Gasteiger partial charge in [0, 0.05) is 11.3 Å². The van der Waals surface area contributed by atoms with Gasteiger partial charge < -0.3 is 0 Å². The van der Waals surface area contributed by atoms with Crippen LogP contribution in [0.4, 0.5) is 0 Å². The molecule has 1 N–H and O–H groups in total. The van der Waals surface area contributed by atoms with E-state index < -0.39 is 0 Å². The second-order valence-electron chi connectivity index (χ2n) is 2.89. The molecule has 0 atom stereocenters. The van der Waals surface area contributed by atoms with Crippen molar-refractivity contribution in [2.45, 2.75) is 5.75 Å². The molecule has 0 aliphatic carbocycles. The molecule has 0 saturated heterocycles. The van der Waals surface area contributed by atoms with Crippen molar-refractivity contribution in [3.8, 4) is 11.3 Å². The molecule has 1 heterocycles. The van der Waals surface area contributed by atoms with Crippen LogP contribution in [0, 0.1) is 0 Å². The Kier molecular flexibility index (Phi) is 2.79. The number of nitrogens with zero attached hydrogens (tertiary/aromatic N) is 1. The first-order valence-corrected chi connectivity index (χ1v) is 5.23. The maximum atomic E-state index is 6.12. The highest BCUT2D eigenvalue weighted by Gasteiger charge is 2.10. The van der Waals surface area contributed by atoms with Crippen molar-refractivity contribution >= 4 is 24.2 Å². The van der Waals surface area contributed by atoms with Crippen LogP contribution in [0.15, 0.2) is 30.3 Å². The summed E-state index contributed by atoms with van der Waals surface area (Å²) >= 11 is 10.3. The molecule has 0 amide bonds. The fourth-order valence-corrected chi connectivity index (χ4v) is 1.84. The SMILES string of the molecule is SCc1[nH]nc(-c2ccccc2)c1Cl. The summed E-state index contributed by atoms with van der Waals surface area (Å²) in [5.74, 6) is 0.568. The lowest BCUT2D eigenvalue weighted by atomic mass is 10.1. The standard InChI is InChI=1S/C10H9ClN2S/c11-9-8(6-14)12-13-10(9)7-4-2-1-3-5-7/h1-5,14H,6H2,(H,12,13). The first-order valence-electron chi connectivity index (χ1n) is 4.22. The molecule has 0 aliphatic rings. The first kappa shape index (κ1) is 9.62. The summed E-state index contributed by atoms with van der Waals surface area (Å²) < 4.78 is 0. The molecule has 1 aromatic heterocycles. The average molecular weight is 225 g/mol. The molecule has 1 aromatic carbocycles. The molecular formula is C10H9ClN2S. The summed E-state index contributed by atoms with van der Waals surface area (Å²) in [5.41, 5.74) is 2.66. The Morgan fingerprint density at radius 2 is 2.00 bits per heavy atom. The molecule has 4 heteroatoms. The number of nitrogens with one attached hydrogen (secondary N) is 1. The molecule has 0 saturated carbocycles. The highest BCUT2D eigenvalue weighted by atomic mass is 35.5. The number of thiol groups is 1. The molecule has 2 nitrogen and oxygen atoms in total. The van der Waals surface area contributed by atoms with Gasteiger partial charge in [0.1, 0.15) is 5.69 Å². The van der Waals surface area contributed by atoms with Crippen LogP contribution in [0.5, 0.6) is 0 Å². The zero-order valence-electron chi connectivity index (χ0n) is 7.37. The third-order valence-electron chi connectivity index (χ3n) is 1.98. The van der Waals surface area contributed by atoms with Crippen LogP contribution in [0.2, 0.25) is 5.02 Å². The van der Waals surface area contributed by atoms with E-state index in [4.69, 9.17) is 11.6 Å². The normalized spacial score (nSPS) is 10.4. The van der Waals surface area contributed by atoms with Gasteiger partial charge in [-0.25, -0.2) is 0 Å². The van der Waals surface area contributed by atoms with Gasteiger partial charge in [-0.15, -0.1) is 0 Å². The molecule has 0 unspecified atom stereocenters. The lowest BCUT2D eigenvalue weighted by Crippen LogP contribution is -1.77. The summed E-state index contributed by atoms with van der Waals surface area (Å²) in [4.78, 5) is 0. The fourth-order valence-electron chi connectivity index (χ4n) is 1.26. The van der Waals surface area contributed by atoms with Crippen LogP contribution < -0.4 is 0 Å². The number of halogens is 1. The van der Waals surface area contributed by atoms with Crippen molar-refractivity contribution in [3.63, 3.8) is 0 Å². The van der Waals surface area contributed by atoms with Crippen LogP contribution in [0.3, 0.4) is 0 Å². The van der Waals surface area contributed by atoms with E-state index in [2.05, 4.69) is 22.8 Å². The Morgan fingerprint density at radius 1 is 1.29 bits per heavy atom. The molecule has 14 heavy (non-hydrogen) atoms. The van der Waals surface area contributed by atoms with Gasteiger partial charge >= 0.3 is 0 Å². The van der Waals surface area contributed by atoms with Gasteiger partial charge in [-0.1, -0.05) is 41.9 Å². The second-order valence-corrected chi connectivity index (χ2v) is 3.58. The van der Waals surface area contributed by atoms with E-state index in [1.54, 1.807) is 0 Å². The van der Waals surface area contributed by atoms with E-state index >= 15 is 0 Å². The van der Waals surface area contributed by atoms with E-state index in [1.807, 2.05) is 30.3 Å². The average Bonchev–Trinajstić information content (AvgIpc) is 2.61. The van der Waals surface area contributed by atoms with Crippen molar-refractivity contribution in [2.75, 3.05) is 0 Å². The minimum absolute atomic E-state index is 0.568. The Morgan fingerprint density at radius 3 is 2.57 bits per heavy atom. The Balaban J connectivity index is 2.48. The summed E-state index contributed by atoms with van der Waals surface area (Å²) in [6, 6.07) is 9.83. The molecule has 0 spiro atoms.